The molecule has 0 saturated carbocycles. The van der Waals surface area contributed by atoms with E-state index >= 15 is 0 Å². The molecule has 0 aliphatic carbocycles. The molecule has 3 heterocycles. The number of imidazole rings is 1. The minimum atomic E-state index is -0.185. The molecular formula is C13H12N4. The van der Waals surface area contributed by atoms with Gasteiger partial charge in [-0.25, -0.2) is 4.98 Å². The summed E-state index contributed by atoms with van der Waals surface area (Å²) in [5.41, 5.74) is 9.16. The van der Waals surface area contributed by atoms with Crippen molar-refractivity contribution in [1.82, 2.24) is 14.4 Å². The predicted molar refractivity (Wildman–Crippen MR) is 65.5 cm³/mol. The van der Waals surface area contributed by atoms with Gasteiger partial charge >= 0.3 is 0 Å². The van der Waals surface area contributed by atoms with E-state index in [9.17, 15) is 0 Å². The van der Waals surface area contributed by atoms with Crippen molar-refractivity contribution in [3.63, 3.8) is 0 Å². The third kappa shape index (κ3) is 1.68. The highest BCUT2D eigenvalue weighted by molar-refractivity contribution is 5.42. The number of rotatable bonds is 2. The topological polar surface area (TPSA) is 56.2 Å². The first-order valence-corrected chi connectivity index (χ1v) is 5.44. The van der Waals surface area contributed by atoms with Crippen molar-refractivity contribution in [3.8, 4) is 0 Å². The van der Waals surface area contributed by atoms with Crippen LogP contribution in [0.3, 0.4) is 0 Å². The number of hydrogen-bond donors (Lipinski definition) is 1. The maximum atomic E-state index is 6.24. The Bertz CT molecular complexity index is 630. The molecule has 0 saturated heterocycles. The van der Waals surface area contributed by atoms with Crippen LogP contribution in [0.15, 0.2) is 55.1 Å². The van der Waals surface area contributed by atoms with Crippen LogP contribution in [0.1, 0.15) is 17.3 Å². The van der Waals surface area contributed by atoms with Crippen LogP contribution < -0.4 is 5.73 Å². The summed E-state index contributed by atoms with van der Waals surface area (Å²) in [6.45, 7) is 0. The number of pyridine rings is 2. The highest BCUT2D eigenvalue weighted by atomic mass is 15.0. The molecule has 0 spiro atoms. The van der Waals surface area contributed by atoms with Crippen LogP contribution in [-0.2, 0) is 0 Å². The van der Waals surface area contributed by atoms with Gasteiger partial charge in [0.25, 0.3) is 0 Å². The van der Waals surface area contributed by atoms with Crippen molar-refractivity contribution in [2.45, 2.75) is 6.04 Å². The Kier molecular flexibility index (Phi) is 2.34. The van der Waals surface area contributed by atoms with Gasteiger partial charge in [0, 0.05) is 18.6 Å². The minimum absolute atomic E-state index is 0.185. The zero-order valence-corrected chi connectivity index (χ0v) is 9.19. The standard InChI is InChI=1S/C13H12N4/c14-13(10-4-6-15-7-5-10)11-9-16-12-3-1-2-8-17(11)12/h1-9,13H,14H2. The molecule has 84 valence electrons. The quantitative estimate of drug-likeness (QED) is 0.721. The molecule has 1 unspecified atom stereocenters. The van der Waals surface area contributed by atoms with E-state index in [1.807, 2.05) is 47.1 Å². The average Bonchev–Trinajstić information content (AvgIpc) is 2.83. The van der Waals surface area contributed by atoms with E-state index in [1.54, 1.807) is 12.4 Å². The highest BCUT2D eigenvalue weighted by Gasteiger charge is 2.13. The molecular weight excluding hydrogens is 212 g/mol. The molecule has 17 heavy (non-hydrogen) atoms. The first-order valence-electron chi connectivity index (χ1n) is 5.44. The van der Waals surface area contributed by atoms with E-state index in [4.69, 9.17) is 5.73 Å². The molecule has 0 aromatic carbocycles. The van der Waals surface area contributed by atoms with Gasteiger partial charge in [-0.3, -0.25) is 4.98 Å². The Balaban J connectivity index is 2.10. The van der Waals surface area contributed by atoms with Crippen LogP contribution in [0.2, 0.25) is 0 Å². The third-order valence-corrected chi connectivity index (χ3v) is 2.83. The SMILES string of the molecule is NC(c1ccncc1)c1cnc2ccccn12. The van der Waals surface area contributed by atoms with Gasteiger partial charge in [0.15, 0.2) is 0 Å². The van der Waals surface area contributed by atoms with Gasteiger partial charge in [-0.2, -0.15) is 0 Å². The number of aromatic nitrogens is 3. The highest BCUT2D eigenvalue weighted by Crippen LogP contribution is 2.19. The van der Waals surface area contributed by atoms with Crippen LogP contribution in [0, 0.1) is 0 Å². The summed E-state index contributed by atoms with van der Waals surface area (Å²) in [5.74, 6) is 0. The van der Waals surface area contributed by atoms with Crippen molar-refractivity contribution in [2.24, 2.45) is 5.73 Å². The van der Waals surface area contributed by atoms with Gasteiger partial charge in [-0.1, -0.05) is 6.07 Å². The second-order valence-electron chi connectivity index (χ2n) is 3.87. The average molecular weight is 224 g/mol. The number of fused-ring (bicyclic) bond motifs is 1. The van der Waals surface area contributed by atoms with Crippen LogP contribution in [0.25, 0.3) is 5.65 Å². The molecule has 0 fully saturated rings. The fourth-order valence-corrected chi connectivity index (χ4v) is 1.92. The van der Waals surface area contributed by atoms with Crippen molar-refractivity contribution in [2.75, 3.05) is 0 Å². The lowest BCUT2D eigenvalue weighted by atomic mass is 10.1. The second kappa shape index (κ2) is 3.99. The Morgan fingerprint density at radius 3 is 2.76 bits per heavy atom. The summed E-state index contributed by atoms with van der Waals surface area (Å²) in [6.07, 6.45) is 7.29. The zero-order valence-electron chi connectivity index (χ0n) is 9.19. The maximum Gasteiger partial charge on any atom is 0.136 e. The summed E-state index contributed by atoms with van der Waals surface area (Å²) in [7, 11) is 0. The van der Waals surface area contributed by atoms with Gasteiger partial charge in [0.2, 0.25) is 0 Å². The first kappa shape index (κ1) is 9.99. The monoisotopic (exact) mass is 224 g/mol. The van der Waals surface area contributed by atoms with E-state index in [0.717, 1.165) is 16.9 Å². The van der Waals surface area contributed by atoms with Crippen molar-refractivity contribution >= 4 is 5.65 Å². The number of nitrogens with two attached hydrogens (primary N) is 1. The molecule has 1 atom stereocenters. The zero-order chi connectivity index (χ0) is 11.7. The number of hydrogen-bond acceptors (Lipinski definition) is 3. The molecule has 3 aromatic rings. The largest absolute Gasteiger partial charge is 0.319 e. The summed E-state index contributed by atoms with van der Waals surface area (Å²) in [4.78, 5) is 8.33. The second-order valence-corrected chi connectivity index (χ2v) is 3.87. The van der Waals surface area contributed by atoms with E-state index in [0.29, 0.717) is 0 Å². The lowest BCUT2D eigenvalue weighted by Crippen LogP contribution is -2.14. The smallest absolute Gasteiger partial charge is 0.136 e. The van der Waals surface area contributed by atoms with Crippen molar-refractivity contribution < 1.29 is 0 Å². The third-order valence-electron chi connectivity index (χ3n) is 2.83. The Hall–Kier alpha value is -2.20. The summed E-state index contributed by atoms with van der Waals surface area (Å²) >= 11 is 0. The Morgan fingerprint density at radius 1 is 1.12 bits per heavy atom. The summed E-state index contributed by atoms with van der Waals surface area (Å²) in [5, 5.41) is 0. The Morgan fingerprint density at radius 2 is 1.94 bits per heavy atom. The predicted octanol–water partition coefficient (Wildman–Crippen LogP) is 1.78. The van der Waals surface area contributed by atoms with Crippen LogP contribution >= 0.6 is 0 Å². The maximum absolute atomic E-state index is 6.24. The minimum Gasteiger partial charge on any atom is -0.319 e. The van der Waals surface area contributed by atoms with Gasteiger partial charge in [-0.05, 0) is 29.8 Å². The normalized spacial score (nSPS) is 12.8. The molecule has 4 heteroatoms. The molecule has 0 amide bonds. The fraction of sp³-hybridized carbons (Fsp3) is 0.0769. The summed E-state index contributed by atoms with van der Waals surface area (Å²) in [6, 6.07) is 9.56. The molecule has 0 bridgehead atoms. The van der Waals surface area contributed by atoms with Gasteiger partial charge < -0.3 is 10.1 Å². The van der Waals surface area contributed by atoms with Gasteiger partial charge in [0.05, 0.1) is 17.9 Å². The molecule has 4 nitrogen and oxygen atoms in total. The van der Waals surface area contributed by atoms with Gasteiger partial charge in [0.1, 0.15) is 5.65 Å². The lowest BCUT2D eigenvalue weighted by molar-refractivity contribution is 0.812. The molecule has 0 radical (unpaired) electrons. The number of nitrogens with zero attached hydrogens (tertiary/aromatic N) is 3. The fourth-order valence-electron chi connectivity index (χ4n) is 1.92. The molecule has 0 aliphatic rings. The van der Waals surface area contributed by atoms with Crippen LogP contribution in [0.5, 0.6) is 0 Å². The molecule has 3 aromatic heterocycles. The van der Waals surface area contributed by atoms with Crippen molar-refractivity contribution in [1.29, 1.82) is 0 Å². The van der Waals surface area contributed by atoms with Gasteiger partial charge in [-0.15, -0.1) is 0 Å². The van der Waals surface area contributed by atoms with E-state index in [-0.39, 0.29) is 6.04 Å². The summed E-state index contributed by atoms with van der Waals surface area (Å²) < 4.78 is 2.01. The van der Waals surface area contributed by atoms with E-state index in [1.165, 1.54) is 0 Å². The van der Waals surface area contributed by atoms with Crippen LogP contribution in [-0.4, -0.2) is 14.4 Å². The molecule has 2 N–H and O–H groups in total. The van der Waals surface area contributed by atoms with E-state index in [2.05, 4.69) is 9.97 Å². The van der Waals surface area contributed by atoms with E-state index < -0.39 is 0 Å². The Labute approximate surface area is 98.8 Å². The first-order chi connectivity index (χ1) is 8.36. The van der Waals surface area contributed by atoms with Crippen molar-refractivity contribution in [3.05, 3.63) is 66.4 Å². The van der Waals surface area contributed by atoms with Crippen LogP contribution in [0.4, 0.5) is 0 Å². The molecule has 3 rings (SSSR count). The lowest BCUT2D eigenvalue weighted by Gasteiger charge is -2.11. The molecule has 0 aliphatic heterocycles.